The van der Waals surface area contributed by atoms with E-state index in [2.05, 4.69) is 11.9 Å². The van der Waals surface area contributed by atoms with Gasteiger partial charge in [0.15, 0.2) is 0 Å². The molecule has 2 aromatic rings. The summed E-state index contributed by atoms with van der Waals surface area (Å²) in [5.41, 5.74) is 7.07. The Morgan fingerprint density at radius 3 is 2.95 bits per heavy atom. The number of aromatic nitrogens is 1. The fraction of sp³-hybridized carbons (Fsp3) is 0.357. The highest BCUT2D eigenvalue weighted by Crippen LogP contribution is 2.27. The van der Waals surface area contributed by atoms with Crippen molar-refractivity contribution in [3.8, 4) is 5.75 Å². The third-order valence-electron chi connectivity index (χ3n) is 2.85. The molecule has 1 aromatic carbocycles. The summed E-state index contributed by atoms with van der Waals surface area (Å²) in [4.78, 5) is 4.16. The average Bonchev–Trinajstić information content (AvgIpc) is 2.91. The van der Waals surface area contributed by atoms with Crippen LogP contribution in [0.4, 0.5) is 0 Å². The number of nitrogens with zero attached hydrogens (tertiary/aromatic N) is 1. The van der Waals surface area contributed by atoms with Gasteiger partial charge in [-0.2, -0.15) is 0 Å². The Morgan fingerprint density at radius 2 is 2.32 bits per heavy atom. The van der Waals surface area contributed by atoms with Crippen molar-refractivity contribution in [2.45, 2.75) is 32.4 Å². The van der Waals surface area contributed by atoms with Crippen LogP contribution in [0.1, 0.15) is 23.9 Å². The fourth-order valence-corrected chi connectivity index (χ4v) is 2.48. The van der Waals surface area contributed by atoms with Gasteiger partial charge in [0, 0.05) is 17.6 Å². The first kappa shape index (κ1) is 14.3. The van der Waals surface area contributed by atoms with E-state index in [1.165, 1.54) is 0 Å². The molecule has 1 atom stereocenters. The lowest BCUT2D eigenvalue weighted by Gasteiger charge is -2.11. The van der Waals surface area contributed by atoms with Crippen molar-refractivity contribution < 1.29 is 4.74 Å². The first-order valence-corrected chi connectivity index (χ1v) is 7.50. The molecule has 0 fully saturated rings. The van der Waals surface area contributed by atoms with Crippen molar-refractivity contribution in [3.63, 3.8) is 0 Å². The van der Waals surface area contributed by atoms with Gasteiger partial charge in [-0.25, -0.2) is 4.98 Å². The molecule has 0 aliphatic rings. The van der Waals surface area contributed by atoms with Crippen LogP contribution in [-0.4, -0.2) is 11.0 Å². The maximum absolute atomic E-state index is 6.21. The molecule has 3 nitrogen and oxygen atoms in total. The third kappa shape index (κ3) is 4.20. The molecule has 1 unspecified atom stereocenters. The molecule has 19 heavy (non-hydrogen) atoms. The molecule has 0 aliphatic carbocycles. The van der Waals surface area contributed by atoms with Gasteiger partial charge in [0.1, 0.15) is 17.4 Å². The third-order valence-corrected chi connectivity index (χ3v) is 3.90. The van der Waals surface area contributed by atoms with Gasteiger partial charge in [-0.3, -0.25) is 0 Å². The van der Waals surface area contributed by atoms with Crippen molar-refractivity contribution in [2.24, 2.45) is 5.73 Å². The Kier molecular flexibility index (Phi) is 5.19. The molecule has 1 aromatic heterocycles. The van der Waals surface area contributed by atoms with Gasteiger partial charge >= 0.3 is 0 Å². The molecule has 5 heteroatoms. The van der Waals surface area contributed by atoms with E-state index in [0.29, 0.717) is 17.4 Å². The van der Waals surface area contributed by atoms with Crippen LogP contribution in [0.15, 0.2) is 29.8 Å². The highest BCUT2D eigenvalue weighted by Gasteiger charge is 2.07. The average molecular weight is 297 g/mol. The van der Waals surface area contributed by atoms with Crippen LogP contribution in [0.3, 0.4) is 0 Å². The van der Waals surface area contributed by atoms with Crippen LogP contribution in [0.2, 0.25) is 5.02 Å². The van der Waals surface area contributed by atoms with Crippen molar-refractivity contribution in [1.82, 2.24) is 4.98 Å². The minimum Gasteiger partial charge on any atom is -0.485 e. The lowest BCUT2D eigenvalue weighted by molar-refractivity contribution is 0.305. The molecule has 0 spiro atoms. The van der Waals surface area contributed by atoms with Crippen molar-refractivity contribution in [1.29, 1.82) is 0 Å². The summed E-state index contributed by atoms with van der Waals surface area (Å²) < 4.78 is 5.65. The van der Waals surface area contributed by atoms with Gasteiger partial charge in [0.05, 0.1) is 5.02 Å². The normalized spacial score (nSPS) is 12.4. The molecule has 0 amide bonds. The summed E-state index contributed by atoms with van der Waals surface area (Å²) in [6.45, 7) is 2.53. The number of nitrogens with two attached hydrogens (primary N) is 1. The van der Waals surface area contributed by atoms with E-state index in [9.17, 15) is 0 Å². The van der Waals surface area contributed by atoms with Gasteiger partial charge in [0.25, 0.3) is 0 Å². The summed E-state index contributed by atoms with van der Waals surface area (Å²) in [6.07, 6.45) is 3.56. The summed E-state index contributed by atoms with van der Waals surface area (Å²) >= 11 is 7.78. The number of benzene rings is 1. The van der Waals surface area contributed by atoms with Gasteiger partial charge in [0.2, 0.25) is 0 Å². The Hall–Kier alpha value is -1.10. The van der Waals surface area contributed by atoms with E-state index >= 15 is 0 Å². The standard InChI is InChI=1S/C14H17ClN2OS/c1-2-11(16)7-10-3-4-13(12(15)8-10)18-9-14-17-5-6-19-14/h3-6,8,11H,2,7,9,16H2,1H3. The maximum Gasteiger partial charge on any atom is 0.140 e. The predicted octanol–water partition coefficient (Wildman–Crippen LogP) is 3.66. The number of ether oxygens (including phenoxy) is 1. The van der Waals surface area contributed by atoms with E-state index in [0.717, 1.165) is 23.4 Å². The minimum absolute atomic E-state index is 0.179. The molecule has 0 radical (unpaired) electrons. The van der Waals surface area contributed by atoms with Crippen molar-refractivity contribution >= 4 is 22.9 Å². The molecular formula is C14H17ClN2OS. The predicted molar refractivity (Wildman–Crippen MR) is 79.9 cm³/mol. The van der Waals surface area contributed by atoms with Crippen LogP contribution >= 0.6 is 22.9 Å². The van der Waals surface area contributed by atoms with Crippen molar-refractivity contribution in [2.75, 3.05) is 0 Å². The Labute approximate surface area is 122 Å². The van der Waals surface area contributed by atoms with E-state index in [-0.39, 0.29) is 6.04 Å². The van der Waals surface area contributed by atoms with E-state index in [1.54, 1.807) is 17.5 Å². The topological polar surface area (TPSA) is 48.1 Å². The highest BCUT2D eigenvalue weighted by atomic mass is 35.5. The molecule has 102 valence electrons. The monoisotopic (exact) mass is 296 g/mol. The summed E-state index contributed by atoms with van der Waals surface area (Å²) in [7, 11) is 0. The number of halogens is 1. The lowest BCUT2D eigenvalue weighted by Crippen LogP contribution is -2.21. The maximum atomic E-state index is 6.21. The zero-order valence-electron chi connectivity index (χ0n) is 10.8. The van der Waals surface area contributed by atoms with Crippen molar-refractivity contribution in [3.05, 3.63) is 45.4 Å². The second-order valence-electron chi connectivity index (χ2n) is 4.35. The first-order chi connectivity index (χ1) is 9.19. The molecule has 1 heterocycles. The zero-order valence-corrected chi connectivity index (χ0v) is 12.4. The highest BCUT2D eigenvalue weighted by molar-refractivity contribution is 7.09. The van der Waals surface area contributed by atoms with Gasteiger partial charge in [-0.05, 0) is 30.5 Å². The van der Waals surface area contributed by atoms with Crippen LogP contribution in [0.25, 0.3) is 0 Å². The molecule has 0 bridgehead atoms. The number of hydrogen-bond acceptors (Lipinski definition) is 4. The van der Waals surface area contributed by atoms with Crippen LogP contribution in [0.5, 0.6) is 5.75 Å². The Bertz CT molecular complexity index is 516. The smallest absolute Gasteiger partial charge is 0.140 e. The van der Waals surface area contributed by atoms with E-state index < -0.39 is 0 Å². The summed E-state index contributed by atoms with van der Waals surface area (Å²) in [5.74, 6) is 0.686. The van der Waals surface area contributed by atoms with E-state index in [1.807, 2.05) is 23.6 Å². The minimum atomic E-state index is 0.179. The molecule has 0 saturated heterocycles. The second-order valence-corrected chi connectivity index (χ2v) is 5.74. The number of thiazole rings is 1. The SMILES string of the molecule is CCC(N)Cc1ccc(OCc2nccs2)c(Cl)c1. The summed E-state index contributed by atoms with van der Waals surface area (Å²) in [6, 6.07) is 6.01. The van der Waals surface area contributed by atoms with Crippen LogP contribution < -0.4 is 10.5 Å². The Morgan fingerprint density at radius 1 is 1.47 bits per heavy atom. The second kappa shape index (κ2) is 6.89. The molecule has 2 rings (SSSR count). The van der Waals surface area contributed by atoms with Gasteiger partial charge in [-0.1, -0.05) is 24.6 Å². The number of hydrogen-bond donors (Lipinski definition) is 1. The molecule has 0 aliphatic heterocycles. The number of rotatable bonds is 6. The van der Waals surface area contributed by atoms with Gasteiger partial charge < -0.3 is 10.5 Å². The lowest BCUT2D eigenvalue weighted by atomic mass is 10.0. The molecule has 2 N–H and O–H groups in total. The molecular weight excluding hydrogens is 280 g/mol. The zero-order chi connectivity index (χ0) is 13.7. The van der Waals surface area contributed by atoms with Crippen LogP contribution in [-0.2, 0) is 13.0 Å². The van der Waals surface area contributed by atoms with E-state index in [4.69, 9.17) is 22.1 Å². The first-order valence-electron chi connectivity index (χ1n) is 6.24. The van der Waals surface area contributed by atoms with Gasteiger partial charge in [-0.15, -0.1) is 11.3 Å². The quantitative estimate of drug-likeness (QED) is 0.885. The summed E-state index contributed by atoms with van der Waals surface area (Å²) in [5, 5.41) is 3.49. The Balaban J connectivity index is 1.98. The fourth-order valence-electron chi connectivity index (χ4n) is 1.70. The molecule has 0 saturated carbocycles. The largest absolute Gasteiger partial charge is 0.485 e. The van der Waals surface area contributed by atoms with Crippen LogP contribution in [0, 0.1) is 0 Å².